The summed E-state index contributed by atoms with van der Waals surface area (Å²) < 4.78 is 5.52. The minimum Gasteiger partial charge on any atom is -0.384 e. The fourth-order valence-corrected chi connectivity index (χ4v) is 1.70. The van der Waals surface area contributed by atoms with Crippen molar-refractivity contribution < 1.29 is 4.74 Å². The molecular formula is C10H16N4O. The molecule has 0 saturated carbocycles. The third-order valence-electron chi connectivity index (χ3n) is 2.48. The van der Waals surface area contributed by atoms with Crippen LogP contribution in [-0.2, 0) is 4.74 Å². The summed E-state index contributed by atoms with van der Waals surface area (Å²) in [5.74, 6) is 1.27. The molecule has 15 heavy (non-hydrogen) atoms. The molecule has 1 aromatic heterocycles. The Morgan fingerprint density at radius 3 is 3.20 bits per heavy atom. The highest BCUT2D eigenvalue weighted by molar-refractivity contribution is 5.43. The van der Waals surface area contributed by atoms with E-state index in [2.05, 4.69) is 15.3 Å². The van der Waals surface area contributed by atoms with Crippen molar-refractivity contribution in [3.05, 3.63) is 12.4 Å². The quantitative estimate of drug-likeness (QED) is 0.773. The number of nitrogen functional groups attached to an aromatic ring is 1. The van der Waals surface area contributed by atoms with Gasteiger partial charge in [0.05, 0.1) is 6.10 Å². The number of rotatable bonds is 4. The van der Waals surface area contributed by atoms with Gasteiger partial charge in [-0.3, -0.25) is 0 Å². The van der Waals surface area contributed by atoms with Crippen LogP contribution in [0.2, 0.25) is 0 Å². The van der Waals surface area contributed by atoms with E-state index in [1.165, 1.54) is 19.2 Å². The molecule has 1 aliphatic heterocycles. The lowest BCUT2D eigenvalue weighted by molar-refractivity contribution is 0.107. The highest BCUT2D eigenvalue weighted by Gasteiger charge is 2.14. The Balaban J connectivity index is 1.73. The number of hydrogen-bond donors (Lipinski definition) is 2. The van der Waals surface area contributed by atoms with Gasteiger partial charge in [0.2, 0.25) is 0 Å². The predicted molar refractivity (Wildman–Crippen MR) is 58.5 cm³/mol. The molecular weight excluding hydrogens is 192 g/mol. The van der Waals surface area contributed by atoms with Crippen molar-refractivity contribution in [1.82, 2.24) is 9.97 Å². The molecule has 1 aromatic rings. The molecule has 0 spiro atoms. The molecule has 1 fully saturated rings. The minimum absolute atomic E-state index is 0.414. The van der Waals surface area contributed by atoms with Crippen LogP contribution in [0.1, 0.15) is 19.3 Å². The molecule has 0 bridgehead atoms. The first-order chi connectivity index (χ1) is 7.34. The molecule has 0 aromatic carbocycles. The normalized spacial score (nSPS) is 20.4. The number of anilines is 2. The average Bonchev–Trinajstić information content (AvgIpc) is 2.71. The maximum atomic E-state index is 5.54. The van der Waals surface area contributed by atoms with Gasteiger partial charge in [0.25, 0.3) is 0 Å². The lowest BCUT2D eigenvalue weighted by atomic mass is 10.2. The van der Waals surface area contributed by atoms with E-state index in [0.29, 0.717) is 11.9 Å². The Hall–Kier alpha value is -1.36. The Morgan fingerprint density at radius 2 is 2.47 bits per heavy atom. The van der Waals surface area contributed by atoms with E-state index in [1.54, 1.807) is 6.07 Å². The topological polar surface area (TPSA) is 73.1 Å². The average molecular weight is 208 g/mol. The smallest absolute Gasteiger partial charge is 0.131 e. The van der Waals surface area contributed by atoms with Gasteiger partial charge >= 0.3 is 0 Å². The van der Waals surface area contributed by atoms with E-state index in [4.69, 9.17) is 10.5 Å². The van der Waals surface area contributed by atoms with Crippen LogP contribution in [0.25, 0.3) is 0 Å². The van der Waals surface area contributed by atoms with Crippen LogP contribution in [0.5, 0.6) is 0 Å². The maximum absolute atomic E-state index is 5.54. The standard InChI is InChI=1S/C10H16N4O/c11-9-6-10(14-7-13-9)12-4-3-8-2-1-5-15-8/h6-8H,1-5H2,(H3,11,12,13,14). The van der Waals surface area contributed by atoms with Crippen molar-refractivity contribution in [2.75, 3.05) is 24.2 Å². The highest BCUT2D eigenvalue weighted by Crippen LogP contribution is 2.15. The van der Waals surface area contributed by atoms with Gasteiger partial charge in [-0.2, -0.15) is 0 Å². The number of nitrogens with zero attached hydrogens (tertiary/aromatic N) is 2. The van der Waals surface area contributed by atoms with Gasteiger partial charge in [-0.25, -0.2) is 9.97 Å². The number of aromatic nitrogens is 2. The molecule has 1 unspecified atom stereocenters. The minimum atomic E-state index is 0.414. The van der Waals surface area contributed by atoms with Crippen molar-refractivity contribution >= 4 is 11.6 Å². The number of nitrogens with two attached hydrogens (primary N) is 1. The van der Waals surface area contributed by atoms with Crippen LogP contribution in [0.4, 0.5) is 11.6 Å². The summed E-state index contributed by atoms with van der Waals surface area (Å²) in [6.45, 7) is 1.77. The van der Waals surface area contributed by atoms with E-state index in [9.17, 15) is 0 Å². The van der Waals surface area contributed by atoms with Gasteiger partial charge in [0.15, 0.2) is 0 Å². The fraction of sp³-hybridized carbons (Fsp3) is 0.600. The van der Waals surface area contributed by atoms with Gasteiger partial charge in [-0.1, -0.05) is 0 Å². The van der Waals surface area contributed by atoms with Crippen LogP contribution >= 0.6 is 0 Å². The van der Waals surface area contributed by atoms with Gasteiger partial charge < -0.3 is 15.8 Å². The fourth-order valence-electron chi connectivity index (χ4n) is 1.70. The van der Waals surface area contributed by atoms with E-state index >= 15 is 0 Å². The Bertz CT molecular complexity index is 312. The van der Waals surface area contributed by atoms with Gasteiger partial charge in [-0.15, -0.1) is 0 Å². The lowest BCUT2D eigenvalue weighted by Gasteiger charge is -2.10. The number of nitrogens with one attached hydrogen (secondary N) is 1. The zero-order valence-corrected chi connectivity index (χ0v) is 8.65. The van der Waals surface area contributed by atoms with E-state index < -0.39 is 0 Å². The summed E-state index contributed by atoms with van der Waals surface area (Å²) in [5, 5.41) is 3.20. The molecule has 5 heteroatoms. The summed E-state index contributed by atoms with van der Waals surface area (Å²) in [7, 11) is 0. The van der Waals surface area contributed by atoms with Gasteiger partial charge in [-0.05, 0) is 19.3 Å². The van der Waals surface area contributed by atoms with Crippen LogP contribution in [0.3, 0.4) is 0 Å². The summed E-state index contributed by atoms with van der Waals surface area (Å²) in [6.07, 6.45) is 5.25. The van der Waals surface area contributed by atoms with Gasteiger partial charge in [0, 0.05) is 19.2 Å². The second-order valence-corrected chi connectivity index (χ2v) is 3.68. The largest absolute Gasteiger partial charge is 0.384 e. The Kier molecular flexibility index (Phi) is 3.34. The third kappa shape index (κ3) is 3.06. The van der Waals surface area contributed by atoms with Crippen LogP contribution in [0, 0.1) is 0 Å². The zero-order valence-electron chi connectivity index (χ0n) is 8.65. The van der Waals surface area contributed by atoms with E-state index in [-0.39, 0.29) is 0 Å². The van der Waals surface area contributed by atoms with Crippen LogP contribution in [-0.4, -0.2) is 29.2 Å². The predicted octanol–water partition coefficient (Wildman–Crippen LogP) is 1.04. The molecule has 0 radical (unpaired) electrons. The summed E-state index contributed by atoms with van der Waals surface area (Å²) >= 11 is 0. The third-order valence-corrected chi connectivity index (χ3v) is 2.48. The first-order valence-corrected chi connectivity index (χ1v) is 5.27. The molecule has 3 N–H and O–H groups in total. The molecule has 1 atom stereocenters. The second-order valence-electron chi connectivity index (χ2n) is 3.68. The molecule has 2 heterocycles. The monoisotopic (exact) mass is 208 g/mol. The van der Waals surface area contributed by atoms with Crippen molar-refractivity contribution in [2.24, 2.45) is 0 Å². The van der Waals surface area contributed by atoms with Crippen LogP contribution < -0.4 is 11.1 Å². The number of ether oxygens (including phenoxy) is 1. The van der Waals surface area contributed by atoms with Crippen molar-refractivity contribution in [3.63, 3.8) is 0 Å². The first kappa shape index (κ1) is 10.2. The molecule has 0 amide bonds. The zero-order chi connectivity index (χ0) is 10.5. The second kappa shape index (κ2) is 4.93. The molecule has 1 aliphatic rings. The van der Waals surface area contributed by atoms with Crippen molar-refractivity contribution in [3.8, 4) is 0 Å². The SMILES string of the molecule is Nc1cc(NCCC2CCCO2)ncn1. The van der Waals surface area contributed by atoms with Crippen molar-refractivity contribution in [2.45, 2.75) is 25.4 Å². The Morgan fingerprint density at radius 1 is 1.53 bits per heavy atom. The summed E-state index contributed by atoms with van der Waals surface area (Å²) in [4.78, 5) is 7.89. The first-order valence-electron chi connectivity index (χ1n) is 5.27. The lowest BCUT2D eigenvalue weighted by Crippen LogP contribution is -2.13. The molecule has 82 valence electrons. The molecule has 1 saturated heterocycles. The Labute approximate surface area is 89.1 Å². The molecule has 2 rings (SSSR count). The maximum Gasteiger partial charge on any atom is 0.131 e. The van der Waals surface area contributed by atoms with Gasteiger partial charge in [0.1, 0.15) is 18.0 Å². The molecule has 5 nitrogen and oxygen atoms in total. The van der Waals surface area contributed by atoms with E-state index in [1.807, 2.05) is 0 Å². The number of hydrogen-bond acceptors (Lipinski definition) is 5. The molecule has 0 aliphatic carbocycles. The summed E-state index contributed by atoms with van der Waals surface area (Å²) in [5.41, 5.74) is 5.54. The van der Waals surface area contributed by atoms with Crippen molar-refractivity contribution in [1.29, 1.82) is 0 Å². The van der Waals surface area contributed by atoms with Crippen LogP contribution in [0.15, 0.2) is 12.4 Å². The summed E-state index contributed by atoms with van der Waals surface area (Å²) in [6, 6.07) is 1.73. The highest BCUT2D eigenvalue weighted by atomic mass is 16.5. The van der Waals surface area contributed by atoms with E-state index in [0.717, 1.165) is 25.4 Å².